The van der Waals surface area contributed by atoms with E-state index in [0.717, 1.165) is 0 Å². The van der Waals surface area contributed by atoms with Gasteiger partial charge in [-0.2, -0.15) is 0 Å². The minimum absolute atomic E-state index is 0.109. The number of phenols is 1. The third kappa shape index (κ3) is 2.12. The SMILES string of the molecule is CC(C)(C)C1(c2ccccc2O)CNCCN1C(=O)[O-]. The van der Waals surface area contributed by atoms with Crippen LogP contribution in [0.25, 0.3) is 0 Å². The van der Waals surface area contributed by atoms with Crippen LogP contribution in [0.5, 0.6) is 5.75 Å². The van der Waals surface area contributed by atoms with Crippen molar-refractivity contribution in [3.05, 3.63) is 29.8 Å². The number of carbonyl (C=O) groups is 1. The van der Waals surface area contributed by atoms with Gasteiger partial charge in [0.2, 0.25) is 0 Å². The summed E-state index contributed by atoms with van der Waals surface area (Å²) in [6.07, 6.45) is -1.20. The maximum atomic E-state index is 11.6. The molecule has 5 heteroatoms. The highest BCUT2D eigenvalue weighted by atomic mass is 16.4. The number of carbonyl (C=O) groups excluding carboxylic acids is 1. The summed E-state index contributed by atoms with van der Waals surface area (Å²) in [7, 11) is 0. The zero-order valence-electron chi connectivity index (χ0n) is 12.1. The summed E-state index contributed by atoms with van der Waals surface area (Å²) in [6.45, 7) is 7.29. The Labute approximate surface area is 119 Å². The Morgan fingerprint density at radius 2 is 2.05 bits per heavy atom. The van der Waals surface area contributed by atoms with E-state index < -0.39 is 17.0 Å². The molecular formula is C15H21N2O3-. The molecule has 1 amide bonds. The zero-order valence-corrected chi connectivity index (χ0v) is 12.1. The first-order valence-corrected chi connectivity index (χ1v) is 6.78. The average Bonchev–Trinajstić information content (AvgIpc) is 2.37. The molecule has 20 heavy (non-hydrogen) atoms. The minimum Gasteiger partial charge on any atom is -0.530 e. The summed E-state index contributed by atoms with van der Waals surface area (Å²) >= 11 is 0. The van der Waals surface area contributed by atoms with E-state index >= 15 is 0 Å². The maximum absolute atomic E-state index is 11.6. The number of hydrogen-bond acceptors (Lipinski definition) is 4. The predicted octanol–water partition coefficient (Wildman–Crippen LogP) is 0.882. The molecule has 0 radical (unpaired) electrons. The Balaban J connectivity index is 2.67. The van der Waals surface area contributed by atoms with E-state index in [-0.39, 0.29) is 5.75 Å². The highest BCUT2D eigenvalue weighted by Crippen LogP contribution is 2.47. The highest BCUT2D eigenvalue weighted by Gasteiger charge is 2.50. The van der Waals surface area contributed by atoms with Crippen LogP contribution in [0.15, 0.2) is 24.3 Å². The number of hydrogen-bond donors (Lipinski definition) is 2. The van der Waals surface area contributed by atoms with Crippen LogP contribution >= 0.6 is 0 Å². The van der Waals surface area contributed by atoms with Gasteiger partial charge in [0.25, 0.3) is 0 Å². The summed E-state index contributed by atoms with van der Waals surface area (Å²) in [6, 6.07) is 6.91. The van der Waals surface area contributed by atoms with Gasteiger partial charge in [-0.3, -0.25) is 0 Å². The molecule has 1 aliphatic heterocycles. The van der Waals surface area contributed by atoms with Gasteiger partial charge in [0.05, 0.1) is 5.54 Å². The van der Waals surface area contributed by atoms with Crippen molar-refractivity contribution in [2.24, 2.45) is 5.41 Å². The second-order valence-electron chi connectivity index (χ2n) is 6.22. The van der Waals surface area contributed by atoms with E-state index in [0.29, 0.717) is 25.2 Å². The quantitative estimate of drug-likeness (QED) is 0.799. The van der Waals surface area contributed by atoms with E-state index in [9.17, 15) is 15.0 Å². The number of nitrogens with zero attached hydrogens (tertiary/aromatic N) is 1. The monoisotopic (exact) mass is 277 g/mol. The first-order chi connectivity index (χ1) is 9.30. The molecule has 0 spiro atoms. The van der Waals surface area contributed by atoms with Gasteiger partial charge < -0.3 is 25.2 Å². The summed E-state index contributed by atoms with van der Waals surface area (Å²) < 4.78 is 0. The topological polar surface area (TPSA) is 75.6 Å². The largest absolute Gasteiger partial charge is 0.530 e. The van der Waals surface area contributed by atoms with E-state index in [2.05, 4.69) is 5.32 Å². The number of para-hydroxylation sites is 1. The van der Waals surface area contributed by atoms with Crippen LogP contribution in [0.3, 0.4) is 0 Å². The maximum Gasteiger partial charge on any atom is 0.137 e. The number of amides is 1. The predicted molar refractivity (Wildman–Crippen MR) is 74.2 cm³/mol. The third-order valence-corrected chi connectivity index (χ3v) is 4.16. The number of phenolic OH excluding ortho intramolecular Hbond substituents is 1. The van der Waals surface area contributed by atoms with Gasteiger partial charge in [-0.05, 0) is 11.5 Å². The molecule has 5 nitrogen and oxygen atoms in total. The zero-order chi connectivity index (χ0) is 15.0. The Morgan fingerprint density at radius 1 is 1.40 bits per heavy atom. The van der Waals surface area contributed by atoms with Gasteiger partial charge >= 0.3 is 0 Å². The van der Waals surface area contributed by atoms with Gasteiger partial charge in [-0.25, -0.2) is 0 Å². The molecule has 0 aliphatic carbocycles. The Hall–Kier alpha value is -1.75. The highest BCUT2D eigenvalue weighted by molar-refractivity contribution is 5.66. The minimum atomic E-state index is -1.20. The van der Waals surface area contributed by atoms with Gasteiger partial charge in [0.1, 0.15) is 11.8 Å². The lowest BCUT2D eigenvalue weighted by molar-refractivity contribution is -0.277. The number of carboxylic acid groups (broad SMARTS) is 1. The van der Waals surface area contributed by atoms with Crippen molar-refractivity contribution in [1.29, 1.82) is 0 Å². The van der Waals surface area contributed by atoms with Crippen molar-refractivity contribution >= 4 is 6.09 Å². The Bertz CT molecular complexity index is 510. The summed E-state index contributed by atoms with van der Waals surface area (Å²) in [5, 5.41) is 25.1. The molecule has 1 unspecified atom stereocenters. The van der Waals surface area contributed by atoms with E-state index in [1.165, 1.54) is 4.90 Å². The molecule has 1 fully saturated rings. The van der Waals surface area contributed by atoms with Crippen LogP contribution in [0, 0.1) is 5.41 Å². The Kier molecular flexibility index (Phi) is 3.65. The molecule has 0 bridgehead atoms. The molecule has 0 aromatic heterocycles. The van der Waals surface area contributed by atoms with Crippen molar-refractivity contribution in [2.45, 2.75) is 26.3 Å². The standard InChI is InChI=1S/C15H22N2O3/c1-14(2,3)15(11-6-4-5-7-12(11)18)10-16-8-9-17(15)13(19)20/h4-7,16,18H,8-10H2,1-3H3,(H,19,20)/p-1. The third-order valence-electron chi connectivity index (χ3n) is 4.16. The molecular weight excluding hydrogens is 256 g/mol. The first-order valence-electron chi connectivity index (χ1n) is 6.78. The molecule has 110 valence electrons. The van der Waals surface area contributed by atoms with Crippen molar-refractivity contribution < 1.29 is 15.0 Å². The van der Waals surface area contributed by atoms with E-state index in [1.54, 1.807) is 18.2 Å². The van der Waals surface area contributed by atoms with E-state index in [4.69, 9.17) is 0 Å². The number of benzene rings is 1. The second-order valence-corrected chi connectivity index (χ2v) is 6.22. The molecule has 0 saturated carbocycles. The lowest BCUT2D eigenvalue weighted by Crippen LogP contribution is -2.68. The number of nitrogens with one attached hydrogen (secondary N) is 1. The fraction of sp³-hybridized carbons (Fsp3) is 0.533. The van der Waals surface area contributed by atoms with Gasteiger partial charge in [-0.1, -0.05) is 39.0 Å². The molecule has 1 saturated heterocycles. The second kappa shape index (κ2) is 4.98. The van der Waals surface area contributed by atoms with E-state index in [1.807, 2.05) is 26.8 Å². The van der Waals surface area contributed by atoms with Gasteiger partial charge in [-0.15, -0.1) is 0 Å². The molecule has 1 atom stereocenters. The van der Waals surface area contributed by atoms with Gasteiger partial charge in [0, 0.05) is 25.2 Å². The first kappa shape index (κ1) is 14.7. The van der Waals surface area contributed by atoms with Crippen molar-refractivity contribution in [1.82, 2.24) is 10.2 Å². The normalized spacial score (nSPS) is 23.6. The molecule has 2 rings (SSSR count). The lowest BCUT2D eigenvalue weighted by atomic mass is 9.67. The smallest absolute Gasteiger partial charge is 0.137 e. The summed E-state index contributed by atoms with van der Waals surface area (Å²) in [5.41, 5.74) is -0.640. The molecule has 1 aliphatic rings. The summed E-state index contributed by atoms with van der Waals surface area (Å²) in [4.78, 5) is 13.0. The van der Waals surface area contributed by atoms with Crippen LogP contribution in [-0.4, -0.2) is 35.7 Å². The lowest BCUT2D eigenvalue weighted by Gasteiger charge is -2.56. The average molecular weight is 277 g/mol. The van der Waals surface area contributed by atoms with Crippen molar-refractivity contribution in [3.63, 3.8) is 0 Å². The number of rotatable bonds is 1. The van der Waals surface area contributed by atoms with Crippen LogP contribution in [0.2, 0.25) is 0 Å². The molecule has 1 heterocycles. The number of piperazine rings is 1. The molecule has 1 aromatic rings. The fourth-order valence-electron chi connectivity index (χ4n) is 3.13. The van der Waals surface area contributed by atoms with Crippen LogP contribution in [-0.2, 0) is 5.54 Å². The van der Waals surface area contributed by atoms with Crippen LogP contribution in [0.4, 0.5) is 4.79 Å². The number of aromatic hydroxyl groups is 1. The van der Waals surface area contributed by atoms with Crippen LogP contribution in [0.1, 0.15) is 26.3 Å². The summed E-state index contributed by atoms with van der Waals surface area (Å²) in [5.74, 6) is 0.109. The van der Waals surface area contributed by atoms with Gasteiger partial charge in [0.15, 0.2) is 0 Å². The Morgan fingerprint density at radius 3 is 2.60 bits per heavy atom. The van der Waals surface area contributed by atoms with Crippen molar-refractivity contribution in [2.75, 3.05) is 19.6 Å². The van der Waals surface area contributed by atoms with Crippen molar-refractivity contribution in [3.8, 4) is 5.75 Å². The van der Waals surface area contributed by atoms with Crippen LogP contribution < -0.4 is 10.4 Å². The fourth-order valence-corrected chi connectivity index (χ4v) is 3.13. The molecule has 2 N–H and O–H groups in total. The molecule has 1 aromatic carbocycles.